The lowest BCUT2D eigenvalue weighted by Crippen LogP contribution is -2.08. The van der Waals surface area contributed by atoms with Crippen molar-refractivity contribution in [2.24, 2.45) is 0 Å². The van der Waals surface area contributed by atoms with Gasteiger partial charge in [-0.2, -0.15) is 5.26 Å². The Morgan fingerprint density at radius 1 is 1.69 bits per heavy atom. The zero-order chi connectivity index (χ0) is 12.3. The molecule has 1 amide bonds. The van der Waals surface area contributed by atoms with Gasteiger partial charge in [0.25, 0.3) is 0 Å². The fraction of sp³-hybridized carbons (Fsp3) is 0.200. The van der Waals surface area contributed by atoms with Crippen LogP contribution >= 0.6 is 34.2 Å². The number of hydrogen-bond donors (Lipinski definition) is 1. The van der Waals surface area contributed by atoms with Crippen LogP contribution in [0.25, 0.3) is 0 Å². The SMILES string of the molecule is COc1c(NC(C)=O)cc(Cl)c(C#N)c1I. The van der Waals surface area contributed by atoms with E-state index in [2.05, 4.69) is 5.32 Å². The van der Waals surface area contributed by atoms with E-state index < -0.39 is 0 Å². The van der Waals surface area contributed by atoms with Crippen LogP contribution in [0.4, 0.5) is 5.69 Å². The maximum Gasteiger partial charge on any atom is 0.221 e. The molecule has 16 heavy (non-hydrogen) atoms. The van der Waals surface area contributed by atoms with Crippen LogP contribution in [0.15, 0.2) is 6.07 Å². The van der Waals surface area contributed by atoms with E-state index in [0.717, 1.165) is 0 Å². The maximum absolute atomic E-state index is 11.0. The van der Waals surface area contributed by atoms with E-state index in [1.54, 1.807) is 0 Å². The van der Waals surface area contributed by atoms with Crippen LogP contribution in [0.3, 0.4) is 0 Å². The van der Waals surface area contributed by atoms with E-state index in [-0.39, 0.29) is 10.9 Å². The predicted octanol–water partition coefficient (Wildman–Crippen LogP) is 2.78. The van der Waals surface area contributed by atoms with E-state index in [0.29, 0.717) is 20.6 Å². The molecule has 0 aliphatic rings. The number of amides is 1. The number of carbonyl (C=O) groups excluding carboxylic acids is 1. The van der Waals surface area contributed by atoms with Gasteiger partial charge in [0.05, 0.1) is 27.0 Å². The first-order valence-electron chi connectivity index (χ1n) is 4.25. The second kappa shape index (κ2) is 5.37. The number of methoxy groups -OCH3 is 1. The summed E-state index contributed by atoms with van der Waals surface area (Å²) in [7, 11) is 1.47. The number of nitrogens with zero attached hydrogens (tertiary/aromatic N) is 1. The molecule has 1 aromatic carbocycles. The van der Waals surface area contributed by atoms with Gasteiger partial charge in [0, 0.05) is 6.92 Å². The molecule has 0 atom stereocenters. The Morgan fingerprint density at radius 2 is 2.31 bits per heavy atom. The van der Waals surface area contributed by atoms with Crippen LogP contribution in [-0.4, -0.2) is 13.0 Å². The van der Waals surface area contributed by atoms with Gasteiger partial charge in [-0.3, -0.25) is 4.79 Å². The Hall–Kier alpha value is -1.00. The zero-order valence-electron chi connectivity index (χ0n) is 8.60. The molecule has 0 saturated heterocycles. The first-order valence-corrected chi connectivity index (χ1v) is 5.70. The van der Waals surface area contributed by atoms with Crippen LogP contribution in [0.5, 0.6) is 5.75 Å². The topological polar surface area (TPSA) is 62.1 Å². The molecule has 0 aromatic heterocycles. The minimum atomic E-state index is -0.227. The summed E-state index contributed by atoms with van der Waals surface area (Å²) in [6, 6.07) is 3.49. The average Bonchev–Trinajstić information content (AvgIpc) is 2.17. The summed E-state index contributed by atoms with van der Waals surface area (Å²) in [5, 5.41) is 11.8. The summed E-state index contributed by atoms with van der Waals surface area (Å²) in [4.78, 5) is 11.0. The van der Waals surface area contributed by atoms with Crippen molar-refractivity contribution >= 4 is 45.8 Å². The lowest BCUT2D eigenvalue weighted by molar-refractivity contribution is -0.114. The maximum atomic E-state index is 11.0. The van der Waals surface area contributed by atoms with Gasteiger partial charge in [-0.25, -0.2) is 0 Å². The first-order chi connectivity index (χ1) is 7.51. The van der Waals surface area contributed by atoms with Gasteiger partial charge in [-0.05, 0) is 28.7 Å². The first kappa shape index (κ1) is 13.1. The van der Waals surface area contributed by atoms with Gasteiger partial charge in [0.2, 0.25) is 5.91 Å². The molecule has 0 aliphatic heterocycles. The summed E-state index contributed by atoms with van der Waals surface area (Å²) >= 11 is 7.87. The molecule has 0 spiro atoms. The van der Waals surface area contributed by atoms with E-state index in [1.165, 1.54) is 20.1 Å². The molecular formula is C10H8ClIN2O2. The number of ether oxygens (including phenoxy) is 1. The van der Waals surface area contributed by atoms with Gasteiger partial charge in [0.1, 0.15) is 6.07 Å². The second-order valence-corrected chi connectivity index (χ2v) is 4.41. The van der Waals surface area contributed by atoms with Gasteiger partial charge >= 0.3 is 0 Å². The monoisotopic (exact) mass is 350 g/mol. The number of nitrogens with one attached hydrogen (secondary N) is 1. The zero-order valence-corrected chi connectivity index (χ0v) is 11.5. The van der Waals surface area contributed by atoms with Crippen LogP contribution < -0.4 is 10.1 Å². The van der Waals surface area contributed by atoms with Crippen molar-refractivity contribution in [3.05, 3.63) is 20.2 Å². The van der Waals surface area contributed by atoms with Crippen molar-refractivity contribution in [1.29, 1.82) is 5.26 Å². The number of carbonyl (C=O) groups is 1. The standard InChI is InChI=1S/C10H8ClIN2O2/c1-5(15)14-8-3-7(11)6(4-13)9(12)10(8)16-2/h3H,1-2H3,(H,14,15). The van der Waals surface area contributed by atoms with E-state index >= 15 is 0 Å². The number of rotatable bonds is 2. The fourth-order valence-corrected chi connectivity index (χ4v) is 2.51. The molecule has 0 fully saturated rings. The van der Waals surface area contributed by atoms with Gasteiger partial charge in [-0.15, -0.1) is 0 Å². The fourth-order valence-electron chi connectivity index (χ4n) is 1.19. The third kappa shape index (κ3) is 2.57. The minimum Gasteiger partial charge on any atom is -0.493 e. The Kier molecular flexibility index (Phi) is 4.38. The van der Waals surface area contributed by atoms with Crippen molar-refractivity contribution in [2.45, 2.75) is 6.92 Å². The highest BCUT2D eigenvalue weighted by Gasteiger charge is 2.16. The molecule has 6 heteroatoms. The van der Waals surface area contributed by atoms with Gasteiger partial charge in [-0.1, -0.05) is 11.6 Å². The molecule has 0 heterocycles. The molecule has 0 aliphatic carbocycles. The highest BCUT2D eigenvalue weighted by Crippen LogP contribution is 2.36. The largest absolute Gasteiger partial charge is 0.493 e. The lowest BCUT2D eigenvalue weighted by atomic mass is 10.2. The van der Waals surface area contributed by atoms with Crippen molar-refractivity contribution in [2.75, 3.05) is 12.4 Å². The highest BCUT2D eigenvalue weighted by atomic mass is 127. The number of anilines is 1. The van der Waals surface area contributed by atoms with Crippen LogP contribution in [-0.2, 0) is 4.79 Å². The summed E-state index contributed by atoms with van der Waals surface area (Å²) in [5.74, 6) is 0.214. The lowest BCUT2D eigenvalue weighted by Gasteiger charge is -2.12. The normalized spacial score (nSPS) is 9.44. The molecule has 4 nitrogen and oxygen atoms in total. The smallest absolute Gasteiger partial charge is 0.221 e. The number of halogens is 2. The molecule has 0 unspecified atom stereocenters. The van der Waals surface area contributed by atoms with Crippen LogP contribution in [0.2, 0.25) is 5.02 Å². The van der Waals surface area contributed by atoms with E-state index in [4.69, 9.17) is 21.6 Å². The predicted molar refractivity (Wildman–Crippen MR) is 69.7 cm³/mol. The van der Waals surface area contributed by atoms with Gasteiger partial charge in [0.15, 0.2) is 5.75 Å². The summed E-state index contributed by atoms with van der Waals surface area (Å²) in [5.41, 5.74) is 0.802. The molecule has 0 radical (unpaired) electrons. The Balaban J connectivity index is 3.41. The molecule has 1 rings (SSSR count). The number of benzene rings is 1. The van der Waals surface area contributed by atoms with Crippen molar-refractivity contribution < 1.29 is 9.53 Å². The number of nitriles is 1. The highest BCUT2D eigenvalue weighted by molar-refractivity contribution is 14.1. The van der Waals surface area contributed by atoms with E-state index in [1.807, 2.05) is 28.7 Å². The van der Waals surface area contributed by atoms with Crippen molar-refractivity contribution in [1.82, 2.24) is 0 Å². The molecule has 0 bridgehead atoms. The third-order valence-corrected chi connectivity index (χ3v) is 3.13. The molecule has 1 N–H and O–H groups in total. The molecule has 1 aromatic rings. The average molecular weight is 351 g/mol. The van der Waals surface area contributed by atoms with Crippen LogP contribution in [0.1, 0.15) is 12.5 Å². The summed E-state index contributed by atoms with van der Waals surface area (Å²) in [6.45, 7) is 1.39. The summed E-state index contributed by atoms with van der Waals surface area (Å²) < 4.78 is 5.72. The number of hydrogen-bond acceptors (Lipinski definition) is 3. The van der Waals surface area contributed by atoms with Gasteiger partial charge < -0.3 is 10.1 Å². The Bertz CT molecular complexity index is 483. The minimum absolute atomic E-state index is 0.227. The van der Waals surface area contributed by atoms with Crippen LogP contribution in [0, 0.1) is 14.9 Å². The molecule has 0 saturated carbocycles. The Labute approximate surface area is 112 Å². The van der Waals surface area contributed by atoms with Crippen molar-refractivity contribution in [3.63, 3.8) is 0 Å². The molecular weight excluding hydrogens is 342 g/mol. The third-order valence-electron chi connectivity index (χ3n) is 1.80. The summed E-state index contributed by atoms with van der Waals surface area (Å²) in [6.07, 6.45) is 0. The van der Waals surface area contributed by atoms with Crippen molar-refractivity contribution in [3.8, 4) is 11.8 Å². The Morgan fingerprint density at radius 3 is 2.75 bits per heavy atom. The second-order valence-electron chi connectivity index (χ2n) is 2.92. The molecule has 84 valence electrons. The van der Waals surface area contributed by atoms with E-state index in [9.17, 15) is 4.79 Å². The quantitative estimate of drug-likeness (QED) is 0.834.